The number of aromatic amines is 5. The third kappa shape index (κ3) is 27.2. The third-order valence-corrected chi connectivity index (χ3v) is 31.3. The largest absolute Gasteiger partial charge is 0.387 e. The van der Waals surface area contributed by atoms with E-state index in [4.69, 9.17) is 197 Å². The minimum atomic E-state index is -5.10. The van der Waals surface area contributed by atoms with Gasteiger partial charge in [0.1, 0.15) is 104 Å². The molecule has 6 aliphatic heterocycles. The van der Waals surface area contributed by atoms with Crippen LogP contribution in [0.25, 0.3) is 22.3 Å². The molecule has 6 saturated heterocycles. The van der Waals surface area contributed by atoms with Crippen molar-refractivity contribution in [2.24, 2.45) is 0 Å². The summed E-state index contributed by atoms with van der Waals surface area (Å²) in [5.74, 6) is -0.891. The van der Waals surface area contributed by atoms with Crippen LogP contribution in [-0.4, -0.2) is 345 Å². The van der Waals surface area contributed by atoms with Gasteiger partial charge in [0.15, 0.2) is 53.5 Å². The van der Waals surface area contributed by atoms with E-state index in [1.165, 1.54) is 77.8 Å². The average Bonchev–Trinajstić information content (AvgIpc) is 1.60. The van der Waals surface area contributed by atoms with Gasteiger partial charge >= 0.3 is 56.4 Å². The monoisotopic (exact) mass is 2260 g/mol. The number of ether oxygens (including phenoxy) is 16. The van der Waals surface area contributed by atoms with Crippen LogP contribution in [0.1, 0.15) is 79.4 Å². The van der Waals surface area contributed by atoms with Crippen LogP contribution >= 0.6 is 33.6 Å². The number of nitrogens with zero attached hydrogens (tertiary/aromatic N) is 11. The lowest BCUT2D eigenvalue weighted by Gasteiger charge is -2.31. The molecular formula is C76H110N19O41P5S5. The first-order valence-electron chi connectivity index (χ1n) is 44.5. The van der Waals surface area contributed by atoms with Crippen LogP contribution in [0.5, 0.6) is 0 Å². The fourth-order valence-electron chi connectivity index (χ4n) is 16.6. The number of nitrogens with two attached hydrogens (primary N) is 3. The molecule has 810 valence electrons. The predicted molar refractivity (Wildman–Crippen MR) is 520 cm³/mol. The maximum absolute atomic E-state index is 14.0. The van der Waals surface area contributed by atoms with Crippen molar-refractivity contribution in [2.75, 3.05) is 152 Å². The van der Waals surface area contributed by atoms with E-state index in [-0.39, 0.29) is 124 Å². The molecule has 8 aromatic rings. The summed E-state index contributed by atoms with van der Waals surface area (Å²) in [4.78, 5) is 215. The Bertz CT molecular complexity index is 6780. The number of aliphatic hydroxyl groups is 1. The van der Waals surface area contributed by atoms with E-state index in [0.29, 0.717) is 5.56 Å². The second-order valence-electron chi connectivity index (χ2n) is 33.5. The number of nitrogen functional groups attached to an aromatic ring is 3. The van der Waals surface area contributed by atoms with Gasteiger partial charge in [0, 0.05) is 89.0 Å². The highest BCUT2D eigenvalue weighted by molar-refractivity contribution is 8.08. The molecule has 6 fully saturated rings. The van der Waals surface area contributed by atoms with E-state index < -0.39 is 270 Å². The first-order chi connectivity index (χ1) is 69.3. The van der Waals surface area contributed by atoms with Crippen LogP contribution in [0.3, 0.4) is 0 Å². The van der Waals surface area contributed by atoms with Crippen molar-refractivity contribution in [1.82, 2.24) is 77.2 Å². The Balaban J connectivity index is 0.770. The molecule has 6 aliphatic rings. The lowest BCUT2D eigenvalue weighted by molar-refractivity contribution is -0.0836. The molecule has 60 nitrogen and oxygen atoms in total. The zero-order chi connectivity index (χ0) is 106. The highest BCUT2D eigenvalue weighted by Gasteiger charge is 2.58. The quantitative estimate of drug-likeness (QED) is 0.0133. The average molecular weight is 2260 g/mol. The molecule has 0 saturated carbocycles. The highest BCUT2D eigenvalue weighted by Crippen LogP contribution is 2.58. The Morgan fingerprint density at radius 1 is 0.370 bits per heavy atom. The Hall–Kier alpha value is -7.01. The number of methoxy groups -OCH3 is 5. The van der Waals surface area contributed by atoms with Gasteiger partial charge in [0.25, 0.3) is 27.8 Å². The van der Waals surface area contributed by atoms with E-state index in [1.807, 2.05) is 0 Å². The van der Waals surface area contributed by atoms with E-state index in [0.717, 1.165) is 43.3 Å². The number of fused-ring (bicyclic) bond motifs is 2. The minimum Gasteiger partial charge on any atom is -0.387 e. The summed E-state index contributed by atoms with van der Waals surface area (Å²) in [6.45, 7) is -23.4. The molecule has 14 rings (SSSR count). The molecule has 0 aliphatic carbocycles. The molecule has 8 aromatic heterocycles. The summed E-state index contributed by atoms with van der Waals surface area (Å²) in [6, 6.07) is 0. The Morgan fingerprint density at radius 3 is 1.02 bits per heavy atom. The number of aromatic nitrogens is 16. The second-order valence-corrected chi connectivity index (χ2v) is 47.4. The van der Waals surface area contributed by atoms with Crippen molar-refractivity contribution >= 4 is 133 Å². The third-order valence-electron chi connectivity index (χ3n) is 23.5. The topological polar surface area (TPSA) is 766 Å². The van der Waals surface area contributed by atoms with Gasteiger partial charge in [0.2, 0.25) is 11.9 Å². The number of anilines is 3. The fourth-order valence-corrected chi connectivity index (χ4v) is 23.8. The van der Waals surface area contributed by atoms with Crippen molar-refractivity contribution in [3.8, 4) is 0 Å². The van der Waals surface area contributed by atoms with Gasteiger partial charge in [-0.3, -0.25) is 94.4 Å². The van der Waals surface area contributed by atoms with Gasteiger partial charge in [-0.15, -0.1) is 0 Å². The molecule has 70 heteroatoms. The van der Waals surface area contributed by atoms with Gasteiger partial charge in [-0.25, -0.2) is 29.1 Å². The fraction of sp³-hybridized carbons (Fsp3) is 0.658. The summed E-state index contributed by atoms with van der Waals surface area (Å²) in [7, 11) is 6.78. The van der Waals surface area contributed by atoms with E-state index in [2.05, 4.69) is 49.8 Å². The number of aryl methyl sites for hydroxylation is 4. The zero-order valence-electron chi connectivity index (χ0n) is 79.2. The smallest absolute Gasteiger partial charge is 0.351 e. The van der Waals surface area contributed by atoms with E-state index >= 15 is 0 Å². The molecule has 28 atom stereocenters. The number of rotatable bonds is 52. The summed E-state index contributed by atoms with van der Waals surface area (Å²) < 4.78 is 166. The molecule has 0 radical (unpaired) electrons. The van der Waals surface area contributed by atoms with Crippen molar-refractivity contribution < 1.29 is 151 Å². The number of H-pyrrole nitrogens is 5. The Morgan fingerprint density at radius 2 is 0.671 bits per heavy atom. The maximum Gasteiger partial charge on any atom is 0.351 e. The molecule has 0 spiro atoms. The molecule has 0 amide bonds. The zero-order valence-corrected chi connectivity index (χ0v) is 87.7. The van der Waals surface area contributed by atoms with Crippen molar-refractivity contribution in [3.63, 3.8) is 0 Å². The van der Waals surface area contributed by atoms with Crippen LogP contribution in [0, 0.1) is 27.7 Å². The molecule has 0 bridgehead atoms. The van der Waals surface area contributed by atoms with Gasteiger partial charge in [-0.2, -0.15) is 15.0 Å². The molecule has 11 unspecified atom stereocenters. The first-order valence-corrected chi connectivity index (χ1v) is 57.4. The van der Waals surface area contributed by atoms with E-state index in [9.17, 15) is 72.7 Å². The van der Waals surface area contributed by atoms with Gasteiger partial charge in [-0.1, -0.05) is 6.92 Å². The van der Waals surface area contributed by atoms with Crippen molar-refractivity contribution in [2.45, 2.75) is 189 Å². The Kier molecular flexibility index (Phi) is 38.8. The van der Waals surface area contributed by atoms with Crippen LogP contribution in [0.4, 0.5) is 17.7 Å². The molecular weight excluding hydrogens is 2150 g/mol. The highest BCUT2D eigenvalue weighted by atomic mass is 32.5. The van der Waals surface area contributed by atoms with Gasteiger partial charge in [0.05, 0.1) is 124 Å². The summed E-state index contributed by atoms with van der Waals surface area (Å²) in [5.41, 5.74) is 10.1. The molecule has 0 aromatic carbocycles. The number of nitrogens with one attached hydrogen (secondary N) is 5. The lowest BCUT2D eigenvalue weighted by Crippen LogP contribution is -2.41. The Labute approximate surface area is 849 Å². The summed E-state index contributed by atoms with van der Waals surface area (Å²) in [5, 5.41) is 11.8. The van der Waals surface area contributed by atoms with E-state index in [1.54, 1.807) is 13.8 Å². The maximum atomic E-state index is 14.0. The molecule has 17 N–H and O–H groups in total. The number of aliphatic hydroxyl groups excluding tert-OH is 1. The SMILES string of the molecule is CC[C@H]1O[C@@H](n2cc(C)c(=O)[nH]c2=O)CC1OP(O)(=S)OC[C@H]1O[C@@H](n2cc(C)c(=O)[nH]c2=O)[C@@H](OCCOC)C1OP(O)(=S)OC[C@H]1O[C@@H](n2cnc3c(=O)[nH]c(N)nc32)[C@@H](OCCOC)C1OP(O)(=S)OC[C@H]1O[C@@H](n2cnc3c(=O)[nH]c(N)nc32)[C@@H](OCCOC)C1OP(O)(=S)OC[C@H]1O[C@@H](n2cc(C)c(=O)[nH]c2=O)[C@@H](OCCOC)C1OP(O)(=S)OC[C@H]1O[C@@H](n2cc(C)c(N)nc2=O)[C@@H](OCCOC)C1O. The summed E-state index contributed by atoms with van der Waals surface area (Å²) in [6.07, 6.45) is -28.5. The second kappa shape index (κ2) is 49.4. The van der Waals surface area contributed by atoms with Crippen LogP contribution < -0.4 is 67.8 Å². The standard InChI is InChI=1S/C76H110N19O41P5S5/c1-11-38-39(22-45(126-38)90-24-35(3)61(97)87-74(90)103)132-137(106,142)122-28-41-49(54(117-18-13-112-7)67(128-41)92-25-36(4)62(98)88-75(92)104)134-139(108,144)124-30-43-52(57(120-21-16-115-10)70(130-43)95-33-81-47-60(95)84-72(79)86-65(47)101)136-141(110,146)125-31-44-51(56(119-20-15-114-9)69(131-44)94-32-80-46-59(94)83-71(78)85-64(46)100)135-140(109,145)123-29-42-50(55(118-19-14-113-8)68(129-42)93-26-37(5)63(99)89-76(93)105)133-138(107,143)121-27-40-48(96)53(116-17-12-111-6)66(127-40)91-23-34(2)58(77)82-73(91)102/h23-26,32-33,38-45,48-57,66-70,96H,11-22,27-31H2,1-10H3,(H,106,142)(H,107,143)(H,108,144)(H,109,145)(H,110,146)(H2,77,82,102)(H,87,97,103)(H,88,98,104)(H,89,99,105)(H3,78,83,85,100)(H3,79,84,86,101)/t38-,39?,40-,41-,42-,43-,44-,45-,48?,49?,50?,51?,52?,53+,54+,55+,56+,57+,66-,67-,68-,69-,70-,137?,138?,139?,140?,141?/m1/s1. The van der Waals surface area contributed by atoms with Gasteiger partial charge in [-0.05, 0) is 93.2 Å². The molecule has 146 heavy (non-hydrogen) atoms. The number of hydrogen-bond acceptors (Lipinski definition) is 49. The summed E-state index contributed by atoms with van der Waals surface area (Å²) >= 11 is 28.9. The predicted octanol–water partition coefficient (Wildman–Crippen LogP) is -3.06. The normalized spacial score (nSPS) is 29.1. The minimum absolute atomic E-state index is 0.00147. The van der Waals surface area contributed by atoms with Crippen LogP contribution in [0.2, 0.25) is 0 Å². The number of hydrogen-bond donors (Lipinski definition) is 14. The van der Waals surface area contributed by atoms with Crippen LogP contribution in [0.15, 0.2) is 80.6 Å². The lowest BCUT2D eigenvalue weighted by atomic mass is 10.1. The first kappa shape index (κ1) is 115. The molecule has 14 heterocycles. The number of imidazole rings is 2. The van der Waals surface area contributed by atoms with Crippen molar-refractivity contribution in [1.29, 1.82) is 0 Å². The van der Waals surface area contributed by atoms with Crippen LogP contribution in [-0.2, 0) is 180 Å². The van der Waals surface area contributed by atoms with Crippen molar-refractivity contribution in [3.05, 3.63) is 153 Å². The van der Waals surface area contributed by atoms with Gasteiger partial charge < -0.3 is 150 Å².